The topological polar surface area (TPSA) is 0 Å². The molecular weight excluding hydrogens is 192 g/mol. The van der Waals surface area contributed by atoms with Crippen LogP contribution in [0.15, 0.2) is 54.8 Å². The minimum Gasteiger partial charge on any atom is -0.125 e. The maximum absolute atomic E-state index is 3.85. The smallest absolute Gasteiger partial charge is 0.00285 e. The van der Waals surface area contributed by atoms with E-state index in [4.69, 9.17) is 0 Å². The first-order valence-electron chi connectivity index (χ1n) is 5.38. The molecule has 0 spiro atoms. The van der Waals surface area contributed by atoms with E-state index in [2.05, 4.69) is 48.7 Å². The molecule has 2 rings (SSSR count). The van der Waals surface area contributed by atoms with E-state index in [0.29, 0.717) is 0 Å². The van der Waals surface area contributed by atoms with E-state index in [1.165, 1.54) is 16.3 Å². The van der Waals surface area contributed by atoms with Crippen LogP contribution >= 0.6 is 0 Å². The molecule has 0 saturated carbocycles. The Kier molecular flexibility index (Phi) is 3.05. The Hall–Kier alpha value is -2.04. The predicted molar refractivity (Wildman–Crippen MR) is 72.3 cm³/mol. The first kappa shape index (κ1) is 10.5. The highest BCUT2D eigenvalue weighted by Gasteiger charge is 2.01. The summed E-state index contributed by atoms with van der Waals surface area (Å²) in [7, 11) is 0. The van der Waals surface area contributed by atoms with Crippen molar-refractivity contribution < 1.29 is 0 Å². The van der Waals surface area contributed by atoms with Crippen LogP contribution in [-0.4, -0.2) is 0 Å². The Labute approximate surface area is 96.2 Å². The van der Waals surface area contributed by atoms with E-state index in [1.807, 2.05) is 25.2 Å². The van der Waals surface area contributed by atoms with Gasteiger partial charge in [0.2, 0.25) is 0 Å². The molecule has 0 amide bonds. The van der Waals surface area contributed by atoms with Crippen molar-refractivity contribution in [1.29, 1.82) is 0 Å². The summed E-state index contributed by atoms with van der Waals surface area (Å²) in [5, 5.41) is 2.49. The lowest BCUT2D eigenvalue weighted by Crippen LogP contribution is -1.83. The lowest BCUT2D eigenvalue weighted by Gasteiger charge is -2.05. The van der Waals surface area contributed by atoms with Crippen LogP contribution in [0.3, 0.4) is 0 Å². The summed E-state index contributed by atoms with van der Waals surface area (Å²) in [5.74, 6) is 0. The van der Waals surface area contributed by atoms with Gasteiger partial charge in [0, 0.05) is 0 Å². The van der Waals surface area contributed by atoms with Crippen LogP contribution in [0.25, 0.3) is 22.9 Å². The molecule has 0 aliphatic heterocycles. The van der Waals surface area contributed by atoms with Crippen LogP contribution in [0.5, 0.6) is 0 Å². The molecule has 0 aliphatic carbocycles. The second kappa shape index (κ2) is 4.65. The monoisotopic (exact) mass is 206 g/mol. The molecule has 0 aliphatic rings. The van der Waals surface area contributed by atoms with E-state index in [0.717, 1.165) is 5.56 Å². The molecule has 2 aromatic carbocycles. The van der Waals surface area contributed by atoms with E-state index < -0.39 is 0 Å². The summed E-state index contributed by atoms with van der Waals surface area (Å²) in [4.78, 5) is 0. The second-order valence-electron chi connectivity index (χ2n) is 3.59. The molecule has 0 nitrogen and oxygen atoms in total. The van der Waals surface area contributed by atoms with E-state index in [9.17, 15) is 0 Å². The Balaban J connectivity index is 2.83. The maximum atomic E-state index is 3.85. The standard InChI is InChI=1S/C16H14/c1-3-5-9-15-13(4-2)11-12-14-8-6-7-10-16(14)15/h3-4,6-12H,2H2,1H3. The Bertz CT molecular complexity index is 582. The van der Waals surface area contributed by atoms with Crippen molar-refractivity contribution in [3.05, 3.63) is 65.9 Å². The highest BCUT2D eigenvalue weighted by molar-refractivity contribution is 5.93. The molecule has 0 fully saturated rings. The normalized spacial score (nSPS) is 9.56. The van der Waals surface area contributed by atoms with Crippen molar-refractivity contribution in [2.24, 2.45) is 0 Å². The Morgan fingerprint density at radius 1 is 1.12 bits per heavy atom. The quantitative estimate of drug-likeness (QED) is 0.626. The molecule has 0 aromatic heterocycles. The number of fused-ring (bicyclic) bond motifs is 1. The fourth-order valence-corrected chi connectivity index (χ4v) is 1.82. The number of allylic oxidation sites excluding steroid dienone is 1. The van der Waals surface area contributed by atoms with Crippen molar-refractivity contribution in [2.45, 2.75) is 6.92 Å². The summed E-state index contributed by atoms with van der Waals surface area (Å²) in [6, 6.07) is 12.6. The fourth-order valence-electron chi connectivity index (χ4n) is 1.82. The molecule has 0 atom stereocenters. The first-order chi connectivity index (χ1) is 7.86. The van der Waals surface area contributed by atoms with Gasteiger partial charge in [0.15, 0.2) is 0 Å². The Morgan fingerprint density at radius 3 is 2.69 bits per heavy atom. The van der Waals surface area contributed by atoms with Gasteiger partial charge in [0.05, 0.1) is 0 Å². The van der Waals surface area contributed by atoms with Gasteiger partial charge in [-0.2, -0.15) is 0 Å². The molecular formula is C16H14. The summed E-state index contributed by atoms with van der Waals surface area (Å²) in [6.07, 6.45) is 5.81. The molecule has 0 saturated heterocycles. The largest absolute Gasteiger partial charge is 0.125 e. The molecule has 0 heterocycles. The van der Waals surface area contributed by atoms with E-state index in [-0.39, 0.29) is 0 Å². The molecule has 0 unspecified atom stereocenters. The summed E-state index contributed by atoms with van der Waals surface area (Å²) < 4.78 is 0. The second-order valence-corrected chi connectivity index (χ2v) is 3.59. The summed E-state index contributed by atoms with van der Waals surface area (Å²) in [5.41, 5.74) is 5.47. The van der Waals surface area contributed by atoms with Gasteiger partial charge < -0.3 is 0 Å². The average Bonchev–Trinajstić information content (AvgIpc) is 2.35. The highest BCUT2D eigenvalue weighted by Crippen LogP contribution is 2.24. The average molecular weight is 206 g/mol. The molecule has 78 valence electrons. The SMILES string of the molecule is C=Cc1ccc2ccccc2c1C=C=CC. The van der Waals surface area contributed by atoms with Crippen molar-refractivity contribution in [3.8, 4) is 0 Å². The lowest BCUT2D eigenvalue weighted by molar-refractivity contribution is 1.67. The molecule has 2 aromatic rings. The number of rotatable bonds is 2. The van der Waals surface area contributed by atoms with Gasteiger partial charge in [-0.25, -0.2) is 0 Å². The van der Waals surface area contributed by atoms with E-state index >= 15 is 0 Å². The van der Waals surface area contributed by atoms with Gasteiger partial charge in [-0.05, 0) is 41.0 Å². The zero-order valence-corrected chi connectivity index (χ0v) is 9.40. The van der Waals surface area contributed by atoms with Gasteiger partial charge in [-0.3, -0.25) is 0 Å². The van der Waals surface area contributed by atoms with Crippen LogP contribution in [-0.2, 0) is 0 Å². The van der Waals surface area contributed by atoms with Crippen LogP contribution < -0.4 is 0 Å². The number of benzene rings is 2. The van der Waals surface area contributed by atoms with Crippen molar-refractivity contribution >= 4 is 22.9 Å². The van der Waals surface area contributed by atoms with Crippen LogP contribution in [0, 0.1) is 0 Å². The maximum Gasteiger partial charge on any atom is -0.00285 e. The van der Waals surface area contributed by atoms with Gasteiger partial charge in [0.1, 0.15) is 0 Å². The number of hydrogen-bond acceptors (Lipinski definition) is 0. The van der Waals surface area contributed by atoms with Crippen molar-refractivity contribution in [3.63, 3.8) is 0 Å². The fraction of sp³-hybridized carbons (Fsp3) is 0.0625. The molecule has 0 heteroatoms. The van der Waals surface area contributed by atoms with Crippen LogP contribution in [0.1, 0.15) is 18.1 Å². The molecule has 0 N–H and O–H groups in total. The van der Waals surface area contributed by atoms with Crippen molar-refractivity contribution in [2.75, 3.05) is 0 Å². The van der Waals surface area contributed by atoms with Gasteiger partial charge in [-0.1, -0.05) is 49.1 Å². The van der Waals surface area contributed by atoms with Gasteiger partial charge >= 0.3 is 0 Å². The van der Waals surface area contributed by atoms with Crippen LogP contribution in [0.4, 0.5) is 0 Å². The molecule has 0 radical (unpaired) electrons. The van der Waals surface area contributed by atoms with Crippen molar-refractivity contribution in [1.82, 2.24) is 0 Å². The van der Waals surface area contributed by atoms with Gasteiger partial charge in [-0.15, -0.1) is 5.73 Å². The molecule has 0 bridgehead atoms. The summed E-state index contributed by atoms with van der Waals surface area (Å²) in [6.45, 7) is 5.82. The zero-order valence-electron chi connectivity index (χ0n) is 9.40. The van der Waals surface area contributed by atoms with E-state index in [1.54, 1.807) is 0 Å². The van der Waals surface area contributed by atoms with Crippen LogP contribution in [0.2, 0.25) is 0 Å². The third-order valence-corrected chi connectivity index (χ3v) is 2.62. The Morgan fingerprint density at radius 2 is 1.94 bits per heavy atom. The first-order valence-corrected chi connectivity index (χ1v) is 5.38. The minimum atomic E-state index is 1.15. The third-order valence-electron chi connectivity index (χ3n) is 2.62. The third kappa shape index (κ3) is 1.84. The zero-order chi connectivity index (χ0) is 11.4. The molecule has 16 heavy (non-hydrogen) atoms. The predicted octanol–water partition coefficient (Wildman–Crippen LogP) is 4.67. The highest BCUT2D eigenvalue weighted by atomic mass is 14.0. The van der Waals surface area contributed by atoms with Gasteiger partial charge in [0.25, 0.3) is 0 Å². The number of hydrogen-bond donors (Lipinski definition) is 0. The lowest BCUT2D eigenvalue weighted by atomic mass is 9.99. The minimum absolute atomic E-state index is 1.15. The summed E-state index contributed by atoms with van der Waals surface area (Å²) >= 11 is 0.